The Morgan fingerprint density at radius 3 is 2.28 bits per heavy atom. The molecule has 1 N–H and O–H groups in total. The van der Waals surface area contributed by atoms with Crippen LogP contribution in [-0.2, 0) is 6.61 Å². The van der Waals surface area contributed by atoms with Crippen LogP contribution in [0.15, 0.2) is 34.9 Å². The minimum Gasteiger partial charge on any atom is -0.488 e. The third-order valence-corrected chi connectivity index (χ3v) is 5.13. The van der Waals surface area contributed by atoms with Crippen LogP contribution in [0.1, 0.15) is 38.5 Å². The van der Waals surface area contributed by atoms with Crippen molar-refractivity contribution in [3.63, 3.8) is 0 Å². The Bertz CT molecular complexity index is 1200. The summed E-state index contributed by atoms with van der Waals surface area (Å²) in [7, 11) is 0. The van der Waals surface area contributed by atoms with Crippen molar-refractivity contribution in [2.45, 2.75) is 34.3 Å². The highest BCUT2D eigenvalue weighted by atomic mass is 16.6. The van der Waals surface area contributed by atoms with Crippen LogP contribution < -0.4 is 10.1 Å². The van der Waals surface area contributed by atoms with E-state index in [2.05, 4.69) is 10.5 Å². The van der Waals surface area contributed by atoms with Gasteiger partial charge in [-0.25, -0.2) is 0 Å². The molecule has 166 valence electrons. The van der Waals surface area contributed by atoms with E-state index >= 15 is 0 Å². The van der Waals surface area contributed by atoms with Crippen LogP contribution in [0.2, 0.25) is 0 Å². The second-order valence-corrected chi connectivity index (χ2v) is 7.16. The number of ether oxygens (including phenoxy) is 1. The third kappa shape index (κ3) is 4.41. The van der Waals surface area contributed by atoms with Gasteiger partial charge in [-0.1, -0.05) is 17.3 Å². The Labute approximate surface area is 182 Å². The van der Waals surface area contributed by atoms with Gasteiger partial charge in [-0.3, -0.25) is 25.0 Å². The van der Waals surface area contributed by atoms with E-state index < -0.39 is 27.1 Å². The number of hydrogen-bond donors (Lipinski definition) is 1. The van der Waals surface area contributed by atoms with Gasteiger partial charge >= 0.3 is 0 Å². The average molecular weight is 440 g/mol. The molecule has 1 aromatic heterocycles. The van der Waals surface area contributed by atoms with Gasteiger partial charge in [-0.05, 0) is 44.9 Å². The number of carbonyl (C=O) groups excluding carboxylic acids is 1. The van der Waals surface area contributed by atoms with Crippen molar-refractivity contribution in [1.82, 2.24) is 5.16 Å². The number of benzene rings is 2. The van der Waals surface area contributed by atoms with Crippen molar-refractivity contribution in [3.8, 4) is 5.75 Å². The number of nitro groups is 2. The Balaban J connectivity index is 1.88. The number of carbonyl (C=O) groups is 1. The smallest absolute Gasteiger partial charge is 0.281 e. The van der Waals surface area contributed by atoms with Crippen molar-refractivity contribution in [2.75, 3.05) is 5.32 Å². The van der Waals surface area contributed by atoms with E-state index in [1.165, 1.54) is 6.92 Å². The first-order chi connectivity index (χ1) is 15.1. The summed E-state index contributed by atoms with van der Waals surface area (Å²) in [6.45, 7) is 6.75. The highest BCUT2D eigenvalue weighted by molar-refractivity contribution is 6.04. The minimum atomic E-state index is -0.748. The summed E-state index contributed by atoms with van der Waals surface area (Å²) in [5.41, 5.74) is 1.11. The zero-order valence-electron chi connectivity index (χ0n) is 17.8. The van der Waals surface area contributed by atoms with Gasteiger partial charge in [0.05, 0.1) is 21.1 Å². The fourth-order valence-corrected chi connectivity index (χ4v) is 3.10. The Kier molecular flexibility index (Phi) is 6.19. The molecule has 0 spiro atoms. The fourth-order valence-electron chi connectivity index (χ4n) is 3.10. The lowest BCUT2D eigenvalue weighted by Gasteiger charge is -2.11. The van der Waals surface area contributed by atoms with Gasteiger partial charge < -0.3 is 14.6 Å². The van der Waals surface area contributed by atoms with Crippen LogP contribution in [0.25, 0.3) is 0 Å². The highest BCUT2D eigenvalue weighted by Gasteiger charge is 2.26. The van der Waals surface area contributed by atoms with E-state index in [0.29, 0.717) is 17.1 Å². The first-order valence-electron chi connectivity index (χ1n) is 9.49. The molecule has 0 aliphatic heterocycles. The molecule has 3 aromatic rings. The summed E-state index contributed by atoms with van der Waals surface area (Å²) in [5.74, 6) is 0.261. The van der Waals surface area contributed by atoms with Crippen molar-refractivity contribution >= 4 is 23.0 Å². The molecule has 1 amide bonds. The van der Waals surface area contributed by atoms with Gasteiger partial charge in [0.2, 0.25) is 0 Å². The molecule has 0 aliphatic rings. The number of amides is 1. The van der Waals surface area contributed by atoms with Crippen molar-refractivity contribution in [1.29, 1.82) is 0 Å². The molecule has 32 heavy (non-hydrogen) atoms. The number of rotatable bonds is 7. The van der Waals surface area contributed by atoms with Gasteiger partial charge in [0, 0.05) is 12.1 Å². The number of aryl methyl sites for hydroxylation is 2. The van der Waals surface area contributed by atoms with Gasteiger partial charge in [0.15, 0.2) is 5.69 Å². The zero-order chi connectivity index (χ0) is 23.6. The lowest BCUT2D eigenvalue weighted by atomic mass is 10.1. The Hall–Kier alpha value is -4.28. The summed E-state index contributed by atoms with van der Waals surface area (Å²) in [5, 5.41) is 28.7. The van der Waals surface area contributed by atoms with Crippen LogP contribution in [0.5, 0.6) is 5.75 Å². The maximum atomic E-state index is 12.8. The number of aromatic nitrogens is 1. The van der Waals surface area contributed by atoms with Gasteiger partial charge in [-0.15, -0.1) is 0 Å². The van der Waals surface area contributed by atoms with Crippen LogP contribution >= 0.6 is 0 Å². The number of hydrogen-bond acceptors (Lipinski definition) is 8. The van der Waals surface area contributed by atoms with Crippen LogP contribution in [-0.4, -0.2) is 20.9 Å². The highest BCUT2D eigenvalue weighted by Crippen LogP contribution is 2.32. The monoisotopic (exact) mass is 440 g/mol. The van der Waals surface area contributed by atoms with Gasteiger partial charge in [0.1, 0.15) is 23.7 Å². The van der Waals surface area contributed by atoms with Gasteiger partial charge in [0.25, 0.3) is 17.3 Å². The van der Waals surface area contributed by atoms with E-state index in [4.69, 9.17) is 9.26 Å². The molecular weight excluding hydrogens is 420 g/mol. The van der Waals surface area contributed by atoms with E-state index in [1.54, 1.807) is 13.0 Å². The summed E-state index contributed by atoms with van der Waals surface area (Å²) >= 11 is 0. The second kappa shape index (κ2) is 8.84. The second-order valence-electron chi connectivity index (χ2n) is 7.16. The molecule has 0 aliphatic carbocycles. The first kappa shape index (κ1) is 22.4. The lowest BCUT2D eigenvalue weighted by molar-refractivity contribution is -0.395. The molecule has 3 rings (SSSR count). The summed E-state index contributed by atoms with van der Waals surface area (Å²) in [4.78, 5) is 33.8. The normalized spacial score (nSPS) is 10.6. The molecule has 0 saturated heterocycles. The summed E-state index contributed by atoms with van der Waals surface area (Å²) in [6.07, 6.45) is 0. The molecule has 2 aromatic carbocycles. The molecule has 0 bridgehead atoms. The number of nitrogens with zero attached hydrogens (tertiary/aromatic N) is 3. The standard InChI is InChI=1S/C21H20N4O7/c1-11-6-5-7-19(12(11)2)31-10-16-14(4)32-23-20(16)21(26)22-15-8-17(24(27)28)13(3)18(9-15)25(29)30/h5-9H,10H2,1-4H3,(H,22,26). The molecule has 1 heterocycles. The number of anilines is 1. The predicted octanol–water partition coefficient (Wildman–Crippen LogP) is 4.56. The van der Waals surface area contributed by atoms with Crippen molar-refractivity contribution in [3.05, 3.63) is 84.3 Å². The molecule has 11 nitrogen and oxygen atoms in total. The molecule has 11 heteroatoms. The zero-order valence-corrected chi connectivity index (χ0v) is 17.8. The average Bonchev–Trinajstić information content (AvgIpc) is 3.10. The molecule has 0 saturated carbocycles. The van der Waals surface area contributed by atoms with Crippen LogP contribution in [0.4, 0.5) is 17.1 Å². The topological polar surface area (TPSA) is 151 Å². The first-order valence-corrected chi connectivity index (χ1v) is 9.49. The van der Waals surface area contributed by atoms with E-state index in [-0.39, 0.29) is 23.6 Å². The van der Waals surface area contributed by atoms with Crippen molar-refractivity contribution in [2.24, 2.45) is 0 Å². The minimum absolute atomic E-state index is 0.00340. The van der Waals surface area contributed by atoms with E-state index in [1.807, 2.05) is 26.0 Å². The Morgan fingerprint density at radius 2 is 1.69 bits per heavy atom. The summed E-state index contributed by atoms with van der Waals surface area (Å²) < 4.78 is 11.0. The SMILES string of the molecule is Cc1cccc(OCc2c(C(=O)Nc3cc([N+](=O)[O-])c(C)c([N+](=O)[O-])c3)noc2C)c1C. The number of nitro benzene ring substituents is 2. The van der Waals surface area contributed by atoms with E-state index in [9.17, 15) is 25.0 Å². The molecular formula is C21H20N4O7. The molecule has 0 unspecified atom stereocenters. The lowest BCUT2D eigenvalue weighted by Crippen LogP contribution is -2.16. The fraction of sp³-hybridized carbons (Fsp3) is 0.238. The molecule has 0 atom stereocenters. The summed E-state index contributed by atoms with van der Waals surface area (Å²) in [6, 6.07) is 7.71. The number of nitrogens with one attached hydrogen (secondary N) is 1. The van der Waals surface area contributed by atoms with Gasteiger partial charge in [-0.2, -0.15) is 0 Å². The quantitative estimate of drug-likeness (QED) is 0.415. The maximum absolute atomic E-state index is 12.8. The van der Waals surface area contributed by atoms with Crippen molar-refractivity contribution < 1.29 is 23.9 Å². The Morgan fingerprint density at radius 1 is 1.06 bits per heavy atom. The third-order valence-electron chi connectivity index (χ3n) is 5.13. The molecule has 0 radical (unpaired) electrons. The van der Waals surface area contributed by atoms with E-state index in [0.717, 1.165) is 23.3 Å². The van der Waals surface area contributed by atoms with Crippen LogP contribution in [0.3, 0.4) is 0 Å². The maximum Gasteiger partial charge on any atom is 0.281 e. The molecule has 0 fully saturated rings. The predicted molar refractivity (Wildman–Crippen MR) is 114 cm³/mol. The largest absolute Gasteiger partial charge is 0.488 e. The van der Waals surface area contributed by atoms with Crippen LogP contribution in [0, 0.1) is 47.9 Å².